The first-order chi connectivity index (χ1) is 10.5. The molecule has 22 heavy (non-hydrogen) atoms. The Hall–Kier alpha value is -2.34. The number of hydrogen-bond donors (Lipinski definition) is 1. The van der Waals surface area contributed by atoms with E-state index in [1.54, 1.807) is 24.3 Å². The first kappa shape index (κ1) is 16.0. The van der Waals surface area contributed by atoms with Crippen molar-refractivity contribution >= 4 is 23.4 Å². The molecule has 0 aliphatic heterocycles. The van der Waals surface area contributed by atoms with E-state index in [4.69, 9.17) is 5.11 Å². The standard InChI is InChI=1S/C16H15NO4S/c1-2-12-10-13(17(20)21)5-8-15(12)22-14-6-3-11(4-7-14)9-16(18)19/h3-8,10H,2,9H2,1H3,(H,18,19). The Labute approximate surface area is 132 Å². The molecule has 5 nitrogen and oxygen atoms in total. The second-order valence-corrected chi connectivity index (χ2v) is 5.83. The molecule has 6 heteroatoms. The van der Waals surface area contributed by atoms with Crippen LogP contribution in [0, 0.1) is 10.1 Å². The minimum atomic E-state index is -0.857. The Bertz CT molecular complexity index is 698. The normalized spacial score (nSPS) is 10.4. The van der Waals surface area contributed by atoms with Crippen molar-refractivity contribution < 1.29 is 14.8 Å². The predicted octanol–water partition coefficient (Wildman–Crippen LogP) is 3.94. The number of nitrogens with zero attached hydrogens (tertiary/aromatic N) is 1. The van der Waals surface area contributed by atoms with Gasteiger partial charge in [-0.3, -0.25) is 14.9 Å². The van der Waals surface area contributed by atoms with Crippen molar-refractivity contribution in [3.05, 3.63) is 63.7 Å². The van der Waals surface area contributed by atoms with E-state index in [1.807, 2.05) is 19.1 Å². The molecule has 0 unspecified atom stereocenters. The summed E-state index contributed by atoms with van der Waals surface area (Å²) < 4.78 is 0. The molecule has 0 saturated heterocycles. The number of aliphatic carboxylic acids is 1. The SMILES string of the molecule is CCc1cc([N+](=O)[O-])ccc1Sc1ccc(CC(=O)O)cc1. The molecule has 0 heterocycles. The number of hydrogen-bond acceptors (Lipinski definition) is 4. The quantitative estimate of drug-likeness (QED) is 0.645. The summed E-state index contributed by atoms with van der Waals surface area (Å²) in [4.78, 5) is 23.0. The fourth-order valence-corrected chi connectivity index (χ4v) is 3.03. The minimum absolute atomic E-state index is 0.00267. The Kier molecular flexibility index (Phi) is 5.16. The van der Waals surface area contributed by atoms with Crippen LogP contribution < -0.4 is 0 Å². The number of benzene rings is 2. The van der Waals surface area contributed by atoms with Gasteiger partial charge in [0.2, 0.25) is 0 Å². The highest BCUT2D eigenvalue weighted by molar-refractivity contribution is 7.99. The maximum absolute atomic E-state index is 10.8. The van der Waals surface area contributed by atoms with Crippen LogP contribution in [0.4, 0.5) is 5.69 Å². The van der Waals surface area contributed by atoms with Crippen LogP contribution >= 0.6 is 11.8 Å². The second-order valence-electron chi connectivity index (χ2n) is 4.72. The van der Waals surface area contributed by atoms with E-state index in [2.05, 4.69) is 0 Å². The maximum Gasteiger partial charge on any atom is 0.307 e. The number of carboxylic acids is 1. The summed E-state index contributed by atoms with van der Waals surface area (Å²) in [5, 5.41) is 19.6. The first-order valence-corrected chi connectivity index (χ1v) is 7.57. The summed E-state index contributed by atoms with van der Waals surface area (Å²) in [7, 11) is 0. The second kappa shape index (κ2) is 7.09. The third-order valence-corrected chi connectivity index (χ3v) is 4.27. The lowest BCUT2D eigenvalue weighted by atomic mass is 10.1. The van der Waals surface area contributed by atoms with Gasteiger partial charge in [0.1, 0.15) is 0 Å². The molecule has 1 N–H and O–H groups in total. The molecule has 2 aromatic rings. The summed E-state index contributed by atoms with van der Waals surface area (Å²) in [5.41, 5.74) is 1.77. The van der Waals surface area contributed by atoms with Crippen molar-refractivity contribution in [2.75, 3.05) is 0 Å². The number of carboxylic acid groups (broad SMARTS) is 1. The number of rotatable bonds is 6. The van der Waals surface area contributed by atoms with E-state index < -0.39 is 10.9 Å². The Morgan fingerprint density at radius 1 is 1.23 bits per heavy atom. The Morgan fingerprint density at radius 2 is 1.91 bits per heavy atom. The van der Waals surface area contributed by atoms with Crippen LogP contribution in [0.25, 0.3) is 0 Å². The summed E-state index contributed by atoms with van der Waals surface area (Å²) >= 11 is 1.52. The van der Waals surface area contributed by atoms with Gasteiger partial charge in [0.25, 0.3) is 5.69 Å². The fourth-order valence-electron chi connectivity index (χ4n) is 2.03. The largest absolute Gasteiger partial charge is 0.481 e. The van der Waals surface area contributed by atoms with Gasteiger partial charge in [-0.15, -0.1) is 0 Å². The van der Waals surface area contributed by atoms with Gasteiger partial charge in [-0.05, 0) is 35.7 Å². The van der Waals surface area contributed by atoms with E-state index in [9.17, 15) is 14.9 Å². The van der Waals surface area contributed by atoms with Gasteiger partial charge in [-0.2, -0.15) is 0 Å². The molecule has 2 rings (SSSR count). The predicted molar refractivity (Wildman–Crippen MR) is 84.4 cm³/mol. The number of nitro groups is 1. The smallest absolute Gasteiger partial charge is 0.307 e. The third kappa shape index (κ3) is 4.08. The van der Waals surface area contributed by atoms with Crippen LogP contribution in [0.1, 0.15) is 18.1 Å². The van der Waals surface area contributed by atoms with Gasteiger partial charge in [0.15, 0.2) is 0 Å². The van der Waals surface area contributed by atoms with E-state index in [-0.39, 0.29) is 12.1 Å². The lowest BCUT2D eigenvalue weighted by molar-refractivity contribution is -0.385. The molecule has 0 aromatic heterocycles. The fraction of sp³-hybridized carbons (Fsp3) is 0.188. The van der Waals surface area contributed by atoms with Gasteiger partial charge >= 0.3 is 5.97 Å². The molecule has 0 aliphatic carbocycles. The number of carbonyl (C=O) groups is 1. The molecule has 0 bridgehead atoms. The molecule has 0 aliphatic rings. The number of aryl methyl sites for hydroxylation is 1. The molecule has 114 valence electrons. The molecule has 0 saturated carbocycles. The molecular weight excluding hydrogens is 302 g/mol. The molecule has 0 atom stereocenters. The van der Waals surface area contributed by atoms with Crippen molar-refractivity contribution in [1.29, 1.82) is 0 Å². The van der Waals surface area contributed by atoms with Gasteiger partial charge in [-0.25, -0.2) is 0 Å². The van der Waals surface area contributed by atoms with Crippen molar-refractivity contribution in [3.8, 4) is 0 Å². The highest BCUT2D eigenvalue weighted by Crippen LogP contribution is 2.33. The van der Waals surface area contributed by atoms with E-state index >= 15 is 0 Å². The van der Waals surface area contributed by atoms with E-state index in [0.29, 0.717) is 6.42 Å². The van der Waals surface area contributed by atoms with Crippen LogP contribution in [-0.4, -0.2) is 16.0 Å². The zero-order valence-corrected chi connectivity index (χ0v) is 12.8. The van der Waals surface area contributed by atoms with Crippen LogP contribution in [0.2, 0.25) is 0 Å². The molecule has 0 amide bonds. The van der Waals surface area contributed by atoms with Crippen molar-refractivity contribution in [2.24, 2.45) is 0 Å². The van der Waals surface area contributed by atoms with Crippen molar-refractivity contribution in [2.45, 2.75) is 29.6 Å². The van der Waals surface area contributed by atoms with Gasteiger partial charge in [-0.1, -0.05) is 30.8 Å². The van der Waals surface area contributed by atoms with Crippen LogP contribution in [-0.2, 0) is 17.6 Å². The summed E-state index contributed by atoms with van der Waals surface area (Å²) in [6, 6.07) is 12.2. The van der Waals surface area contributed by atoms with Crippen molar-refractivity contribution in [1.82, 2.24) is 0 Å². The van der Waals surface area contributed by atoms with Gasteiger partial charge in [0.05, 0.1) is 11.3 Å². The van der Waals surface area contributed by atoms with Crippen LogP contribution in [0.5, 0.6) is 0 Å². The highest BCUT2D eigenvalue weighted by atomic mass is 32.2. The topological polar surface area (TPSA) is 80.4 Å². The lowest BCUT2D eigenvalue weighted by Crippen LogP contribution is -1.99. The Morgan fingerprint density at radius 3 is 2.45 bits per heavy atom. The molecule has 0 spiro atoms. The molecule has 2 aromatic carbocycles. The zero-order valence-electron chi connectivity index (χ0n) is 12.0. The van der Waals surface area contributed by atoms with Gasteiger partial charge in [0, 0.05) is 21.9 Å². The molecule has 0 radical (unpaired) electrons. The summed E-state index contributed by atoms with van der Waals surface area (Å²) in [5.74, 6) is -0.857. The maximum atomic E-state index is 10.8. The highest BCUT2D eigenvalue weighted by Gasteiger charge is 2.11. The summed E-state index contributed by atoms with van der Waals surface area (Å²) in [6.07, 6.45) is 0.712. The number of non-ortho nitro benzene ring substituents is 1. The van der Waals surface area contributed by atoms with E-state index in [1.165, 1.54) is 17.8 Å². The van der Waals surface area contributed by atoms with Crippen LogP contribution in [0.15, 0.2) is 52.3 Å². The van der Waals surface area contributed by atoms with E-state index in [0.717, 1.165) is 20.9 Å². The zero-order chi connectivity index (χ0) is 16.1. The average molecular weight is 317 g/mol. The molecular formula is C16H15NO4S. The monoisotopic (exact) mass is 317 g/mol. The Balaban J connectivity index is 2.19. The first-order valence-electron chi connectivity index (χ1n) is 6.75. The van der Waals surface area contributed by atoms with Gasteiger partial charge < -0.3 is 5.11 Å². The van der Waals surface area contributed by atoms with Crippen molar-refractivity contribution in [3.63, 3.8) is 0 Å². The third-order valence-electron chi connectivity index (χ3n) is 3.14. The molecule has 0 fully saturated rings. The lowest BCUT2D eigenvalue weighted by Gasteiger charge is -2.08. The number of nitro benzene ring substituents is 1. The summed E-state index contributed by atoms with van der Waals surface area (Å²) in [6.45, 7) is 1.96. The minimum Gasteiger partial charge on any atom is -0.481 e. The van der Waals surface area contributed by atoms with Crippen LogP contribution in [0.3, 0.4) is 0 Å². The average Bonchev–Trinajstić information content (AvgIpc) is 2.49.